The summed E-state index contributed by atoms with van der Waals surface area (Å²) in [4.78, 5) is 18.8. The number of nitriles is 1. The summed E-state index contributed by atoms with van der Waals surface area (Å²) in [6, 6.07) is 3.13. The van der Waals surface area contributed by atoms with E-state index in [0.29, 0.717) is 25.5 Å². The molecule has 8 nitrogen and oxygen atoms in total. The molecule has 1 fully saturated rings. The maximum atomic E-state index is 11.2. The lowest BCUT2D eigenvalue weighted by atomic mass is 10.2. The normalized spacial score (nSPS) is 16.3. The van der Waals surface area contributed by atoms with E-state index < -0.39 is 4.92 Å². The molecule has 0 saturated carbocycles. The summed E-state index contributed by atoms with van der Waals surface area (Å²) in [7, 11) is 0. The van der Waals surface area contributed by atoms with Crippen molar-refractivity contribution in [2.75, 3.05) is 44.2 Å². The first kappa shape index (κ1) is 15.2. The van der Waals surface area contributed by atoms with Crippen LogP contribution in [-0.4, -0.2) is 59.2 Å². The Hall–Kier alpha value is -2.24. The first-order valence-electron chi connectivity index (χ1n) is 6.78. The van der Waals surface area contributed by atoms with E-state index in [9.17, 15) is 10.1 Å². The Kier molecular flexibility index (Phi) is 5.03. The highest BCUT2D eigenvalue weighted by atomic mass is 16.6. The first-order chi connectivity index (χ1) is 10.2. The molecule has 0 bridgehead atoms. The van der Waals surface area contributed by atoms with E-state index in [0.717, 1.165) is 19.5 Å². The van der Waals surface area contributed by atoms with Crippen LogP contribution in [0, 0.1) is 21.4 Å². The fourth-order valence-electron chi connectivity index (χ4n) is 2.43. The fraction of sp³-hybridized carbons (Fsp3) is 0.538. The molecule has 1 saturated heterocycles. The van der Waals surface area contributed by atoms with E-state index in [1.807, 2.05) is 11.0 Å². The minimum Gasteiger partial charge on any atom is -0.395 e. The maximum absolute atomic E-state index is 11.2. The number of aromatic nitrogens is 1. The number of pyridine rings is 1. The lowest BCUT2D eigenvalue weighted by molar-refractivity contribution is -0.384. The predicted octanol–water partition coefficient (Wildman–Crippen LogP) is 0.366. The Labute approximate surface area is 122 Å². The summed E-state index contributed by atoms with van der Waals surface area (Å²) >= 11 is 0. The van der Waals surface area contributed by atoms with E-state index in [1.54, 1.807) is 0 Å². The predicted molar refractivity (Wildman–Crippen MR) is 76.0 cm³/mol. The molecule has 0 atom stereocenters. The van der Waals surface area contributed by atoms with Gasteiger partial charge in [-0.15, -0.1) is 0 Å². The topological polar surface area (TPSA) is 107 Å². The molecule has 0 aliphatic carbocycles. The van der Waals surface area contributed by atoms with Crippen LogP contribution in [0.5, 0.6) is 0 Å². The van der Waals surface area contributed by atoms with Crippen molar-refractivity contribution < 1.29 is 10.0 Å². The van der Waals surface area contributed by atoms with E-state index in [-0.39, 0.29) is 17.9 Å². The summed E-state index contributed by atoms with van der Waals surface area (Å²) in [5.41, 5.74) is 0.0480. The van der Waals surface area contributed by atoms with Crippen LogP contribution in [0.1, 0.15) is 12.0 Å². The van der Waals surface area contributed by atoms with Gasteiger partial charge in [0.1, 0.15) is 6.07 Å². The average molecular weight is 291 g/mol. The van der Waals surface area contributed by atoms with Gasteiger partial charge < -0.3 is 10.0 Å². The van der Waals surface area contributed by atoms with Gasteiger partial charge in [0.15, 0.2) is 0 Å². The molecule has 1 N–H and O–H groups in total. The average Bonchev–Trinajstić information content (AvgIpc) is 2.72. The molecule has 0 spiro atoms. The van der Waals surface area contributed by atoms with Crippen molar-refractivity contribution in [2.24, 2.45) is 0 Å². The van der Waals surface area contributed by atoms with Crippen molar-refractivity contribution in [1.29, 1.82) is 5.26 Å². The van der Waals surface area contributed by atoms with Gasteiger partial charge >= 0.3 is 5.69 Å². The molecule has 8 heteroatoms. The van der Waals surface area contributed by atoms with E-state index in [2.05, 4.69) is 9.88 Å². The SMILES string of the molecule is N#Cc1cnc(N2CCCN(CCO)CC2)c([N+](=O)[O-])c1. The van der Waals surface area contributed by atoms with Gasteiger partial charge in [-0.1, -0.05) is 0 Å². The number of β-amino-alcohol motifs (C(OH)–C–C–N with tert-alkyl or cyclic N) is 1. The second-order valence-corrected chi connectivity index (χ2v) is 4.84. The maximum Gasteiger partial charge on any atom is 0.312 e. The Morgan fingerprint density at radius 2 is 2.24 bits per heavy atom. The summed E-state index contributed by atoms with van der Waals surface area (Å²) in [5, 5.41) is 29.0. The van der Waals surface area contributed by atoms with E-state index >= 15 is 0 Å². The molecule has 0 radical (unpaired) electrons. The number of anilines is 1. The van der Waals surface area contributed by atoms with Gasteiger partial charge in [0, 0.05) is 38.4 Å². The van der Waals surface area contributed by atoms with Crippen molar-refractivity contribution in [1.82, 2.24) is 9.88 Å². The summed E-state index contributed by atoms with van der Waals surface area (Å²) in [5.74, 6) is 0.310. The Morgan fingerprint density at radius 3 is 2.90 bits per heavy atom. The number of hydrogen-bond acceptors (Lipinski definition) is 7. The quantitative estimate of drug-likeness (QED) is 0.630. The number of nitro groups is 1. The zero-order valence-corrected chi connectivity index (χ0v) is 11.6. The largest absolute Gasteiger partial charge is 0.395 e. The highest BCUT2D eigenvalue weighted by Crippen LogP contribution is 2.27. The van der Waals surface area contributed by atoms with Crippen LogP contribution in [0.15, 0.2) is 12.3 Å². The van der Waals surface area contributed by atoms with Crippen LogP contribution < -0.4 is 4.90 Å². The summed E-state index contributed by atoms with van der Waals surface area (Å²) in [6.07, 6.45) is 2.21. The minimum absolute atomic E-state index is 0.106. The molecule has 0 aromatic carbocycles. The molecule has 0 unspecified atom stereocenters. The molecule has 2 heterocycles. The molecule has 1 aromatic heterocycles. The lowest BCUT2D eigenvalue weighted by Crippen LogP contribution is -2.33. The second kappa shape index (κ2) is 6.97. The summed E-state index contributed by atoms with van der Waals surface area (Å²) < 4.78 is 0. The second-order valence-electron chi connectivity index (χ2n) is 4.84. The van der Waals surface area contributed by atoms with Crippen LogP contribution >= 0.6 is 0 Å². The van der Waals surface area contributed by atoms with Crippen molar-refractivity contribution in [3.8, 4) is 6.07 Å². The van der Waals surface area contributed by atoms with Crippen LogP contribution in [-0.2, 0) is 0 Å². The van der Waals surface area contributed by atoms with Gasteiger partial charge in [0.2, 0.25) is 5.82 Å². The molecule has 1 aromatic rings. The fourth-order valence-corrected chi connectivity index (χ4v) is 2.43. The van der Waals surface area contributed by atoms with Gasteiger partial charge in [-0.2, -0.15) is 5.26 Å². The van der Waals surface area contributed by atoms with Crippen LogP contribution in [0.2, 0.25) is 0 Å². The number of rotatable bonds is 4. The standard InChI is InChI=1S/C13H17N5O3/c14-9-11-8-12(18(20)21)13(15-10-11)17-3-1-2-16(4-5-17)6-7-19/h8,10,19H,1-7H2. The van der Waals surface area contributed by atoms with Crippen LogP contribution in [0.25, 0.3) is 0 Å². The molecule has 21 heavy (non-hydrogen) atoms. The number of nitrogens with zero attached hydrogens (tertiary/aromatic N) is 5. The molecule has 0 amide bonds. The smallest absolute Gasteiger partial charge is 0.312 e. The Bertz CT molecular complexity index is 557. The van der Waals surface area contributed by atoms with Crippen LogP contribution in [0.3, 0.4) is 0 Å². The van der Waals surface area contributed by atoms with Crippen molar-refractivity contribution in [3.63, 3.8) is 0 Å². The molecular weight excluding hydrogens is 274 g/mol. The zero-order chi connectivity index (χ0) is 15.2. The van der Waals surface area contributed by atoms with Crippen LogP contribution in [0.4, 0.5) is 11.5 Å². The van der Waals surface area contributed by atoms with Gasteiger partial charge in [-0.05, 0) is 13.0 Å². The number of aliphatic hydroxyl groups is 1. The molecule has 112 valence electrons. The van der Waals surface area contributed by atoms with Gasteiger partial charge in [-0.25, -0.2) is 4.98 Å². The third-order valence-electron chi connectivity index (χ3n) is 3.48. The third-order valence-corrected chi connectivity index (χ3v) is 3.48. The zero-order valence-electron chi connectivity index (χ0n) is 11.6. The number of hydrogen-bond donors (Lipinski definition) is 1. The Morgan fingerprint density at radius 1 is 1.43 bits per heavy atom. The minimum atomic E-state index is -0.500. The van der Waals surface area contributed by atoms with Gasteiger partial charge in [0.05, 0.1) is 17.1 Å². The molecular formula is C13H17N5O3. The highest BCUT2D eigenvalue weighted by Gasteiger charge is 2.24. The lowest BCUT2D eigenvalue weighted by Gasteiger charge is -2.22. The molecule has 1 aliphatic rings. The third kappa shape index (κ3) is 3.65. The Balaban J connectivity index is 2.21. The highest BCUT2D eigenvalue weighted by molar-refractivity contribution is 5.60. The van der Waals surface area contributed by atoms with E-state index in [4.69, 9.17) is 10.4 Å². The molecule has 2 rings (SSSR count). The first-order valence-corrected chi connectivity index (χ1v) is 6.78. The molecule has 1 aliphatic heterocycles. The van der Waals surface area contributed by atoms with E-state index in [1.165, 1.54) is 12.3 Å². The van der Waals surface area contributed by atoms with Gasteiger partial charge in [0.25, 0.3) is 0 Å². The van der Waals surface area contributed by atoms with Crippen molar-refractivity contribution in [2.45, 2.75) is 6.42 Å². The van der Waals surface area contributed by atoms with Crippen molar-refractivity contribution >= 4 is 11.5 Å². The summed E-state index contributed by atoms with van der Waals surface area (Å²) in [6.45, 7) is 3.56. The van der Waals surface area contributed by atoms with Gasteiger partial charge in [-0.3, -0.25) is 15.0 Å². The van der Waals surface area contributed by atoms with Crippen molar-refractivity contribution in [3.05, 3.63) is 27.9 Å². The number of aliphatic hydroxyl groups excluding tert-OH is 1. The monoisotopic (exact) mass is 291 g/mol.